The van der Waals surface area contributed by atoms with Gasteiger partial charge in [-0.15, -0.1) is 11.3 Å². The predicted molar refractivity (Wildman–Crippen MR) is 144 cm³/mol. The molecular formula is C26H23ClN4O2S2. The van der Waals surface area contributed by atoms with Crippen molar-refractivity contribution in [2.45, 2.75) is 32.6 Å². The molecule has 3 heterocycles. The second kappa shape index (κ2) is 8.78. The van der Waals surface area contributed by atoms with Gasteiger partial charge in [-0.3, -0.25) is 9.82 Å². The number of nitrogens with one attached hydrogen (secondary N) is 2. The number of rotatable bonds is 5. The van der Waals surface area contributed by atoms with E-state index in [1.807, 2.05) is 45.9 Å². The minimum atomic E-state index is -3.89. The van der Waals surface area contributed by atoms with Crippen LogP contribution < -0.4 is 4.72 Å². The molecule has 3 aromatic heterocycles. The third-order valence-corrected chi connectivity index (χ3v) is 8.50. The Hall–Kier alpha value is -3.20. The molecule has 6 nitrogen and oxygen atoms in total. The van der Waals surface area contributed by atoms with E-state index < -0.39 is 10.0 Å². The number of pyridine rings is 1. The van der Waals surface area contributed by atoms with Gasteiger partial charge in [-0.2, -0.15) is 5.10 Å². The van der Waals surface area contributed by atoms with Crippen molar-refractivity contribution >= 4 is 48.9 Å². The first kappa shape index (κ1) is 23.5. The fourth-order valence-electron chi connectivity index (χ4n) is 4.28. The van der Waals surface area contributed by atoms with Crippen molar-refractivity contribution < 1.29 is 8.42 Å². The fourth-order valence-corrected chi connectivity index (χ4v) is 7.06. The molecule has 0 saturated carbocycles. The molecule has 0 radical (unpaired) electrons. The third-order valence-electron chi connectivity index (χ3n) is 5.80. The quantitative estimate of drug-likeness (QED) is 0.259. The van der Waals surface area contributed by atoms with Crippen LogP contribution in [0.2, 0.25) is 5.02 Å². The molecule has 0 atom stereocenters. The molecule has 0 aliphatic carbocycles. The number of sulfonamides is 1. The van der Waals surface area contributed by atoms with Gasteiger partial charge in [-0.1, -0.05) is 47.5 Å². The monoisotopic (exact) mass is 522 g/mol. The first-order valence-corrected chi connectivity index (χ1v) is 13.6. The Morgan fingerprint density at radius 3 is 2.43 bits per heavy atom. The van der Waals surface area contributed by atoms with Crippen LogP contribution in [-0.2, 0) is 10.0 Å². The molecule has 2 aromatic carbocycles. The van der Waals surface area contributed by atoms with E-state index in [1.54, 1.807) is 18.2 Å². The maximum atomic E-state index is 13.4. The van der Waals surface area contributed by atoms with Crippen LogP contribution in [0.4, 0.5) is 5.69 Å². The Labute approximate surface area is 213 Å². The molecule has 5 rings (SSSR count). The van der Waals surface area contributed by atoms with Gasteiger partial charge in [0.1, 0.15) is 4.83 Å². The van der Waals surface area contributed by atoms with Crippen LogP contribution in [0.5, 0.6) is 0 Å². The average Bonchev–Trinajstić information content (AvgIpc) is 3.32. The lowest BCUT2D eigenvalue weighted by molar-refractivity contribution is 0.601. The van der Waals surface area contributed by atoms with Gasteiger partial charge in [0, 0.05) is 37.8 Å². The van der Waals surface area contributed by atoms with Crippen LogP contribution in [0.25, 0.3) is 31.8 Å². The number of aryl methyl sites for hydroxylation is 4. The summed E-state index contributed by atoms with van der Waals surface area (Å²) < 4.78 is 29.5. The highest BCUT2D eigenvalue weighted by Gasteiger charge is 2.25. The number of halogens is 1. The topological polar surface area (TPSA) is 87.7 Å². The van der Waals surface area contributed by atoms with Gasteiger partial charge in [0.25, 0.3) is 10.0 Å². The van der Waals surface area contributed by atoms with E-state index in [-0.39, 0.29) is 4.90 Å². The number of hydrogen-bond acceptors (Lipinski definition) is 5. The lowest BCUT2D eigenvalue weighted by atomic mass is 9.97. The number of nitrogens with zero attached hydrogens (tertiary/aromatic N) is 2. The molecule has 35 heavy (non-hydrogen) atoms. The summed E-state index contributed by atoms with van der Waals surface area (Å²) in [5, 5.41) is 8.58. The number of fused-ring (bicyclic) bond motifs is 1. The van der Waals surface area contributed by atoms with E-state index in [9.17, 15) is 8.42 Å². The van der Waals surface area contributed by atoms with Crippen LogP contribution in [0.1, 0.15) is 22.6 Å². The molecule has 0 fully saturated rings. The maximum Gasteiger partial charge on any atom is 0.261 e. The predicted octanol–water partition coefficient (Wildman–Crippen LogP) is 7.04. The second-order valence-corrected chi connectivity index (χ2v) is 11.7. The second-order valence-electron chi connectivity index (χ2n) is 8.54. The molecule has 0 spiro atoms. The normalized spacial score (nSPS) is 11.8. The largest absolute Gasteiger partial charge is 0.282 e. The van der Waals surface area contributed by atoms with Gasteiger partial charge in [-0.05, 0) is 57.5 Å². The number of anilines is 1. The van der Waals surface area contributed by atoms with Crippen LogP contribution in [-0.4, -0.2) is 23.6 Å². The SMILES string of the molecule is Cc1cccc(-c2c(-c3c(C)n[nH]c3C)sc3nc(C)cc(NS(=O)(=O)c4cccc(Cl)c4)c23)c1. The van der Waals surface area contributed by atoms with Crippen molar-refractivity contribution in [2.75, 3.05) is 4.72 Å². The number of aromatic amines is 1. The minimum absolute atomic E-state index is 0.0988. The Kier molecular flexibility index (Phi) is 5.91. The van der Waals surface area contributed by atoms with E-state index in [0.717, 1.165) is 48.7 Å². The summed E-state index contributed by atoms with van der Waals surface area (Å²) in [4.78, 5) is 6.63. The summed E-state index contributed by atoms with van der Waals surface area (Å²) in [6.45, 7) is 7.85. The molecular weight excluding hydrogens is 500 g/mol. The lowest BCUT2D eigenvalue weighted by Gasteiger charge is -2.13. The highest BCUT2D eigenvalue weighted by atomic mass is 35.5. The van der Waals surface area contributed by atoms with Crippen LogP contribution in [0.15, 0.2) is 59.5 Å². The number of H-pyrrole nitrogens is 1. The Morgan fingerprint density at radius 2 is 1.74 bits per heavy atom. The zero-order valence-electron chi connectivity index (χ0n) is 19.6. The van der Waals surface area contributed by atoms with Crippen molar-refractivity contribution in [3.05, 3.63) is 82.3 Å². The summed E-state index contributed by atoms with van der Waals surface area (Å²) in [6.07, 6.45) is 0. The van der Waals surface area contributed by atoms with E-state index in [2.05, 4.69) is 21.0 Å². The van der Waals surface area contributed by atoms with E-state index in [0.29, 0.717) is 16.4 Å². The molecule has 0 unspecified atom stereocenters. The zero-order chi connectivity index (χ0) is 24.9. The average molecular weight is 523 g/mol. The molecule has 5 aromatic rings. The first-order valence-electron chi connectivity index (χ1n) is 11.0. The molecule has 0 saturated heterocycles. The Morgan fingerprint density at radius 1 is 0.971 bits per heavy atom. The molecule has 178 valence electrons. The minimum Gasteiger partial charge on any atom is -0.282 e. The van der Waals surface area contributed by atoms with Gasteiger partial charge in [-0.25, -0.2) is 13.4 Å². The van der Waals surface area contributed by atoms with Crippen molar-refractivity contribution in [1.29, 1.82) is 0 Å². The van der Waals surface area contributed by atoms with Crippen molar-refractivity contribution in [3.8, 4) is 21.6 Å². The summed E-state index contributed by atoms with van der Waals surface area (Å²) in [6, 6.07) is 16.2. The standard InChI is InChI=1S/C26H23ClN4O2S2/c1-14-7-5-8-18(11-14)23-24-21(31-35(32,33)20-10-6-9-19(27)13-20)12-15(2)28-26(24)34-25(23)22-16(3)29-30-17(22)4/h5-13H,1-4H3,(H,28,31)(H,29,30). The Bertz CT molecular complexity index is 1680. The van der Waals surface area contributed by atoms with E-state index in [4.69, 9.17) is 16.6 Å². The summed E-state index contributed by atoms with van der Waals surface area (Å²) in [5.41, 5.74) is 7.04. The number of hydrogen-bond donors (Lipinski definition) is 2. The number of aromatic nitrogens is 3. The summed E-state index contributed by atoms with van der Waals surface area (Å²) >= 11 is 7.61. The van der Waals surface area contributed by atoms with Gasteiger partial charge >= 0.3 is 0 Å². The van der Waals surface area contributed by atoms with E-state index in [1.165, 1.54) is 23.5 Å². The summed E-state index contributed by atoms with van der Waals surface area (Å²) in [7, 11) is -3.89. The van der Waals surface area contributed by atoms with Crippen molar-refractivity contribution in [1.82, 2.24) is 15.2 Å². The van der Waals surface area contributed by atoms with Gasteiger partial charge in [0.15, 0.2) is 0 Å². The fraction of sp³-hybridized carbons (Fsp3) is 0.154. The van der Waals surface area contributed by atoms with Crippen LogP contribution >= 0.6 is 22.9 Å². The van der Waals surface area contributed by atoms with E-state index >= 15 is 0 Å². The number of benzene rings is 2. The highest BCUT2D eigenvalue weighted by molar-refractivity contribution is 7.92. The van der Waals surface area contributed by atoms with Crippen molar-refractivity contribution in [2.24, 2.45) is 0 Å². The molecule has 0 aliphatic rings. The van der Waals surface area contributed by atoms with Gasteiger partial charge in [0.2, 0.25) is 0 Å². The van der Waals surface area contributed by atoms with Gasteiger partial charge in [0.05, 0.1) is 16.3 Å². The summed E-state index contributed by atoms with van der Waals surface area (Å²) in [5.74, 6) is 0. The smallest absolute Gasteiger partial charge is 0.261 e. The van der Waals surface area contributed by atoms with Crippen LogP contribution in [0.3, 0.4) is 0 Å². The molecule has 2 N–H and O–H groups in total. The highest BCUT2D eigenvalue weighted by Crippen LogP contribution is 2.48. The molecule has 9 heteroatoms. The molecule has 0 amide bonds. The van der Waals surface area contributed by atoms with Crippen LogP contribution in [0, 0.1) is 27.7 Å². The molecule has 0 aliphatic heterocycles. The van der Waals surface area contributed by atoms with Gasteiger partial charge < -0.3 is 0 Å². The lowest BCUT2D eigenvalue weighted by Crippen LogP contribution is -2.13. The third kappa shape index (κ3) is 4.33. The maximum absolute atomic E-state index is 13.4. The number of thiophene rings is 1. The Balaban J connectivity index is 1.82. The zero-order valence-corrected chi connectivity index (χ0v) is 22.0. The first-order chi connectivity index (χ1) is 16.6. The molecule has 0 bridgehead atoms. The van der Waals surface area contributed by atoms with Crippen molar-refractivity contribution in [3.63, 3.8) is 0 Å².